The van der Waals surface area contributed by atoms with Crippen LogP contribution in [-0.2, 0) is 4.84 Å². The van der Waals surface area contributed by atoms with Gasteiger partial charge in [-0.25, -0.2) is 4.79 Å². The molecule has 2 aromatic rings. The SMILES string of the molecule is N/C(=N\OC(=O)c1[nH]ncc1I)c1ccccc1. The molecule has 0 fully saturated rings. The van der Waals surface area contributed by atoms with Crippen LogP contribution in [0.2, 0.25) is 0 Å². The molecule has 1 aromatic carbocycles. The van der Waals surface area contributed by atoms with Crippen molar-refractivity contribution in [3.63, 3.8) is 0 Å². The first-order valence-corrected chi connectivity index (χ1v) is 6.05. The summed E-state index contributed by atoms with van der Waals surface area (Å²) in [5.74, 6) is -0.491. The smallest absolute Gasteiger partial charge is 0.380 e. The van der Waals surface area contributed by atoms with Crippen molar-refractivity contribution in [2.75, 3.05) is 0 Å². The van der Waals surface area contributed by atoms with Gasteiger partial charge in [0.1, 0.15) is 0 Å². The monoisotopic (exact) mass is 356 g/mol. The molecule has 0 atom stereocenters. The third-order valence-corrected chi connectivity index (χ3v) is 2.91. The van der Waals surface area contributed by atoms with Gasteiger partial charge in [-0.1, -0.05) is 35.5 Å². The number of rotatable bonds is 3. The standard InChI is InChI=1S/C11H9IN4O2/c12-8-6-14-15-9(8)11(17)18-16-10(13)7-4-2-1-3-5-7/h1-6H,(H2,13,16)(H,14,15). The molecule has 0 spiro atoms. The number of amidine groups is 1. The lowest BCUT2D eigenvalue weighted by molar-refractivity contribution is 0.0508. The van der Waals surface area contributed by atoms with Gasteiger partial charge in [-0.05, 0) is 22.6 Å². The predicted octanol–water partition coefficient (Wildman–Crippen LogP) is 1.49. The average molecular weight is 356 g/mol. The molecule has 6 nitrogen and oxygen atoms in total. The van der Waals surface area contributed by atoms with Crippen molar-refractivity contribution in [2.45, 2.75) is 0 Å². The fourth-order valence-corrected chi connectivity index (χ4v) is 1.69. The quantitative estimate of drug-likeness (QED) is 0.287. The Bertz CT molecular complexity index is 580. The molecule has 0 aliphatic rings. The van der Waals surface area contributed by atoms with Crippen LogP contribution in [0.15, 0.2) is 41.7 Å². The fourth-order valence-electron chi connectivity index (χ4n) is 1.21. The number of oxime groups is 1. The third kappa shape index (κ3) is 2.86. The number of benzene rings is 1. The van der Waals surface area contributed by atoms with Crippen molar-refractivity contribution in [1.29, 1.82) is 0 Å². The maximum absolute atomic E-state index is 11.6. The van der Waals surface area contributed by atoms with Crippen molar-refractivity contribution in [3.05, 3.63) is 51.4 Å². The van der Waals surface area contributed by atoms with E-state index in [4.69, 9.17) is 10.6 Å². The van der Waals surface area contributed by atoms with Crippen LogP contribution in [0.1, 0.15) is 16.1 Å². The second kappa shape index (κ2) is 5.63. The normalized spacial score (nSPS) is 11.3. The Morgan fingerprint density at radius 2 is 2.11 bits per heavy atom. The van der Waals surface area contributed by atoms with Gasteiger partial charge >= 0.3 is 5.97 Å². The number of carbonyl (C=O) groups excluding carboxylic acids is 1. The van der Waals surface area contributed by atoms with Gasteiger partial charge in [0.15, 0.2) is 11.5 Å². The Morgan fingerprint density at radius 1 is 1.39 bits per heavy atom. The van der Waals surface area contributed by atoms with Crippen molar-refractivity contribution in [1.82, 2.24) is 10.2 Å². The molecular weight excluding hydrogens is 347 g/mol. The molecule has 0 aliphatic carbocycles. The number of aromatic amines is 1. The van der Waals surface area contributed by atoms with Crippen LogP contribution in [0.5, 0.6) is 0 Å². The number of nitrogens with zero attached hydrogens (tertiary/aromatic N) is 2. The average Bonchev–Trinajstić information content (AvgIpc) is 2.83. The summed E-state index contributed by atoms with van der Waals surface area (Å²) in [6.45, 7) is 0. The molecule has 92 valence electrons. The van der Waals surface area contributed by atoms with Gasteiger partial charge in [-0.3, -0.25) is 5.10 Å². The topological polar surface area (TPSA) is 93.4 Å². The van der Waals surface area contributed by atoms with Crippen molar-refractivity contribution >= 4 is 34.4 Å². The summed E-state index contributed by atoms with van der Waals surface area (Å²) in [7, 11) is 0. The van der Waals surface area contributed by atoms with E-state index in [9.17, 15) is 4.79 Å². The second-order valence-electron chi connectivity index (χ2n) is 3.31. The summed E-state index contributed by atoms with van der Waals surface area (Å²) < 4.78 is 0.658. The van der Waals surface area contributed by atoms with E-state index in [0.717, 1.165) is 0 Å². The second-order valence-corrected chi connectivity index (χ2v) is 4.48. The van der Waals surface area contributed by atoms with E-state index in [-0.39, 0.29) is 11.5 Å². The van der Waals surface area contributed by atoms with E-state index in [1.54, 1.807) is 12.1 Å². The van der Waals surface area contributed by atoms with Gasteiger partial charge in [0.2, 0.25) is 0 Å². The summed E-state index contributed by atoms with van der Waals surface area (Å²) in [4.78, 5) is 16.3. The zero-order valence-electron chi connectivity index (χ0n) is 9.13. The highest BCUT2D eigenvalue weighted by molar-refractivity contribution is 14.1. The first kappa shape index (κ1) is 12.6. The summed E-state index contributed by atoms with van der Waals surface area (Å²) >= 11 is 1.97. The van der Waals surface area contributed by atoms with Gasteiger partial charge in [0.05, 0.1) is 9.77 Å². The molecule has 1 heterocycles. The zero-order valence-corrected chi connectivity index (χ0v) is 11.3. The summed E-state index contributed by atoms with van der Waals surface area (Å²) in [5.41, 5.74) is 6.61. The lowest BCUT2D eigenvalue weighted by Crippen LogP contribution is -2.15. The van der Waals surface area contributed by atoms with Crippen LogP contribution in [0.25, 0.3) is 0 Å². The molecule has 0 saturated carbocycles. The minimum Gasteiger partial charge on any atom is -0.380 e. The van der Waals surface area contributed by atoms with Crippen LogP contribution in [0.3, 0.4) is 0 Å². The van der Waals surface area contributed by atoms with Gasteiger partial charge < -0.3 is 10.6 Å². The molecule has 7 heteroatoms. The van der Waals surface area contributed by atoms with Crippen LogP contribution in [0.4, 0.5) is 0 Å². The molecule has 3 N–H and O–H groups in total. The Morgan fingerprint density at radius 3 is 2.72 bits per heavy atom. The highest BCUT2D eigenvalue weighted by Crippen LogP contribution is 2.09. The van der Waals surface area contributed by atoms with E-state index < -0.39 is 5.97 Å². The van der Waals surface area contributed by atoms with Crippen LogP contribution >= 0.6 is 22.6 Å². The molecule has 0 aliphatic heterocycles. The van der Waals surface area contributed by atoms with Gasteiger partial charge in [0.25, 0.3) is 0 Å². The highest BCUT2D eigenvalue weighted by atomic mass is 127. The number of halogens is 1. The molecular formula is C11H9IN4O2. The largest absolute Gasteiger partial charge is 0.384 e. The zero-order chi connectivity index (χ0) is 13.0. The van der Waals surface area contributed by atoms with E-state index in [1.165, 1.54) is 6.20 Å². The lowest BCUT2D eigenvalue weighted by atomic mass is 10.2. The first-order valence-electron chi connectivity index (χ1n) is 4.97. The van der Waals surface area contributed by atoms with Gasteiger partial charge in [-0.2, -0.15) is 5.10 Å². The first-order chi connectivity index (χ1) is 8.68. The molecule has 0 saturated heterocycles. The number of carbonyl (C=O) groups is 1. The molecule has 0 unspecified atom stereocenters. The fraction of sp³-hybridized carbons (Fsp3) is 0. The Hall–Kier alpha value is -1.90. The predicted molar refractivity (Wildman–Crippen MR) is 73.9 cm³/mol. The number of hydrogen-bond donors (Lipinski definition) is 2. The van der Waals surface area contributed by atoms with Gasteiger partial charge in [-0.15, -0.1) is 0 Å². The van der Waals surface area contributed by atoms with Crippen LogP contribution < -0.4 is 5.73 Å². The maximum atomic E-state index is 11.6. The lowest BCUT2D eigenvalue weighted by Gasteiger charge is -1.99. The minimum atomic E-state index is -0.629. The van der Waals surface area contributed by atoms with E-state index >= 15 is 0 Å². The van der Waals surface area contributed by atoms with Crippen LogP contribution in [0, 0.1) is 3.57 Å². The maximum Gasteiger partial charge on any atom is 0.384 e. The Kier molecular flexibility index (Phi) is 3.92. The number of H-pyrrole nitrogens is 1. The molecule has 1 aromatic heterocycles. The Balaban J connectivity index is 2.08. The number of aromatic nitrogens is 2. The van der Waals surface area contributed by atoms with E-state index in [0.29, 0.717) is 9.13 Å². The molecule has 0 amide bonds. The Labute approximate surface area is 116 Å². The summed E-state index contributed by atoms with van der Waals surface area (Å²) in [6, 6.07) is 9.03. The molecule has 18 heavy (non-hydrogen) atoms. The highest BCUT2D eigenvalue weighted by Gasteiger charge is 2.14. The van der Waals surface area contributed by atoms with Gasteiger partial charge in [0, 0.05) is 5.56 Å². The molecule has 2 rings (SSSR count). The number of nitrogens with one attached hydrogen (secondary N) is 1. The number of nitrogens with two attached hydrogens (primary N) is 1. The van der Waals surface area contributed by atoms with Crippen molar-refractivity contribution < 1.29 is 9.63 Å². The summed E-state index contributed by atoms with van der Waals surface area (Å²) in [5, 5.41) is 9.83. The van der Waals surface area contributed by atoms with E-state index in [1.807, 2.05) is 40.8 Å². The minimum absolute atomic E-state index is 0.137. The third-order valence-electron chi connectivity index (χ3n) is 2.09. The molecule has 0 radical (unpaired) electrons. The number of hydrogen-bond acceptors (Lipinski definition) is 4. The van der Waals surface area contributed by atoms with E-state index in [2.05, 4.69) is 15.4 Å². The summed E-state index contributed by atoms with van der Waals surface area (Å²) in [6.07, 6.45) is 1.52. The van der Waals surface area contributed by atoms with Crippen LogP contribution in [-0.4, -0.2) is 22.0 Å². The van der Waals surface area contributed by atoms with Crippen molar-refractivity contribution in [2.24, 2.45) is 10.9 Å². The van der Waals surface area contributed by atoms with Crippen molar-refractivity contribution in [3.8, 4) is 0 Å². The molecule has 0 bridgehead atoms.